The fourth-order valence-electron chi connectivity index (χ4n) is 7.84. The number of sulfonamides is 1. The van der Waals surface area contributed by atoms with Gasteiger partial charge in [-0.2, -0.15) is 0 Å². The van der Waals surface area contributed by atoms with Crippen LogP contribution in [0.5, 0.6) is 5.75 Å². The molecule has 1 spiro atoms. The Bertz CT molecular complexity index is 1550. The summed E-state index contributed by atoms with van der Waals surface area (Å²) < 4.78 is 47.6. The van der Waals surface area contributed by atoms with Gasteiger partial charge in [-0.25, -0.2) is 13.1 Å². The van der Waals surface area contributed by atoms with Gasteiger partial charge in [-0.1, -0.05) is 29.8 Å². The predicted octanol–water partition coefficient (Wildman–Crippen LogP) is 6.06. The molecule has 2 aliphatic carbocycles. The van der Waals surface area contributed by atoms with Crippen molar-refractivity contribution in [2.75, 3.05) is 38.8 Å². The van der Waals surface area contributed by atoms with Gasteiger partial charge in [-0.05, 0) is 112 Å². The van der Waals surface area contributed by atoms with Crippen molar-refractivity contribution in [2.24, 2.45) is 11.8 Å². The van der Waals surface area contributed by atoms with Crippen LogP contribution in [0.25, 0.3) is 0 Å². The second kappa shape index (κ2) is 13.3. The average molecular weight is 657 g/mol. The molecule has 2 aromatic carbocycles. The summed E-state index contributed by atoms with van der Waals surface area (Å²) in [5.41, 5.74) is 3.43. The van der Waals surface area contributed by atoms with Gasteiger partial charge < -0.3 is 19.1 Å². The summed E-state index contributed by atoms with van der Waals surface area (Å²) in [7, 11) is -0.659. The highest BCUT2D eigenvalue weighted by Gasteiger charge is 2.44. The van der Waals surface area contributed by atoms with Crippen LogP contribution in [0, 0.1) is 11.8 Å². The maximum absolute atomic E-state index is 13.6. The Labute approximate surface area is 272 Å². The summed E-state index contributed by atoms with van der Waals surface area (Å²) in [5.74, 6) is 0.823. The fourth-order valence-corrected chi connectivity index (χ4v) is 9.55. The second-order valence-electron chi connectivity index (χ2n) is 13.4. The number of fused-ring (bicyclic) bond motifs is 4. The van der Waals surface area contributed by atoms with Crippen LogP contribution in [0.1, 0.15) is 73.4 Å². The lowest BCUT2D eigenvalue weighted by atomic mass is 9.68. The highest BCUT2D eigenvalue weighted by Crippen LogP contribution is 2.47. The maximum Gasteiger partial charge on any atom is 0.264 e. The largest absolute Gasteiger partial charge is 0.490 e. The molecule has 2 aliphatic heterocycles. The molecule has 0 saturated heterocycles. The quantitative estimate of drug-likeness (QED) is 0.400. The van der Waals surface area contributed by atoms with E-state index in [2.05, 4.69) is 27.8 Å². The van der Waals surface area contributed by atoms with Crippen molar-refractivity contribution in [3.8, 4) is 5.75 Å². The van der Waals surface area contributed by atoms with E-state index in [1.54, 1.807) is 20.3 Å². The number of nitrogens with one attached hydrogen (secondary N) is 1. The molecule has 1 saturated carbocycles. The predicted molar refractivity (Wildman–Crippen MR) is 177 cm³/mol. The third-order valence-corrected chi connectivity index (χ3v) is 12.6. The Morgan fingerprint density at radius 2 is 2.00 bits per heavy atom. The molecule has 45 heavy (non-hydrogen) atoms. The summed E-state index contributed by atoms with van der Waals surface area (Å²) >= 11 is 6.42. The zero-order chi connectivity index (χ0) is 31.8. The van der Waals surface area contributed by atoms with Crippen LogP contribution in [0.3, 0.4) is 0 Å². The molecule has 6 atom stereocenters. The Balaban J connectivity index is 1.41. The standard InChI is InChI=1S/C35H45ClN2O6S/c1-23(42-2)17-28-8-4-5-9-32(43-3)29-13-10-26(29)20-38-21-35(16-6-7-24-18-27(36)12-14-30(24)35)22-44-33-15-11-25(19-31(33)38)34(39)37-45(28,40)41/h5,9,11-12,14-15,18-19,23,26,28-29,32H,4,6-8,10,13,16-17,20-22H2,1-3H3,(H,37,39)/b9-5+/t23-,26+,28-,29-,32+,35+/m1/s1. The molecule has 1 N–H and O–H groups in total. The van der Waals surface area contributed by atoms with E-state index >= 15 is 0 Å². The van der Waals surface area contributed by atoms with Gasteiger partial charge in [-0.3, -0.25) is 4.79 Å². The minimum absolute atomic E-state index is 0.0511. The zero-order valence-corrected chi connectivity index (χ0v) is 28.0. The molecule has 2 bridgehead atoms. The lowest BCUT2D eigenvalue weighted by molar-refractivity contribution is 0.0131. The number of anilines is 1. The molecule has 1 amide bonds. The van der Waals surface area contributed by atoms with Crippen molar-refractivity contribution < 1.29 is 27.4 Å². The molecule has 2 aromatic rings. The van der Waals surface area contributed by atoms with Crippen LogP contribution < -0.4 is 14.4 Å². The maximum atomic E-state index is 13.6. The van der Waals surface area contributed by atoms with E-state index in [0.717, 1.165) is 55.9 Å². The third-order valence-electron chi connectivity index (χ3n) is 10.6. The van der Waals surface area contributed by atoms with Crippen LogP contribution in [0.15, 0.2) is 48.6 Å². The van der Waals surface area contributed by atoms with Crippen molar-refractivity contribution in [1.29, 1.82) is 0 Å². The number of benzene rings is 2. The monoisotopic (exact) mass is 656 g/mol. The molecular weight excluding hydrogens is 612 g/mol. The number of carbonyl (C=O) groups is 1. The lowest BCUT2D eigenvalue weighted by Crippen LogP contribution is -2.49. The van der Waals surface area contributed by atoms with Crippen LogP contribution in [-0.2, 0) is 31.3 Å². The molecule has 4 aliphatic rings. The van der Waals surface area contributed by atoms with E-state index in [4.69, 9.17) is 25.8 Å². The topological polar surface area (TPSA) is 94.2 Å². The van der Waals surface area contributed by atoms with E-state index in [1.807, 2.05) is 31.2 Å². The number of aryl methyl sites for hydroxylation is 1. The number of nitrogens with zero attached hydrogens (tertiary/aromatic N) is 1. The summed E-state index contributed by atoms with van der Waals surface area (Å²) in [6, 6.07) is 11.5. The number of ether oxygens (including phenoxy) is 3. The zero-order valence-electron chi connectivity index (χ0n) is 26.5. The van der Waals surface area contributed by atoms with E-state index in [-0.39, 0.29) is 24.0 Å². The number of carbonyl (C=O) groups excluding carboxylic acids is 1. The van der Waals surface area contributed by atoms with Gasteiger partial charge in [0.1, 0.15) is 5.75 Å². The van der Waals surface area contributed by atoms with Crippen molar-refractivity contribution >= 4 is 33.2 Å². The highest BCUT2D eigenvalue weighted by atomic mass is 35.5. The van der Waals surface area contributed by atoms with Crippen LogP contribution >= 0.6 is 11.6 Å². The molecule has 244 valence electrons. The minimum Gasteiger partial charge on any atom is -0.490 e. The van der Waals surface area contributed by atoms with Crippen LogP contribution in [0.4, 0.5) is 5.69 Å². The SMILES string of the molecule is CO[C@H](C)C[C@H]1CC/C=C/[C@H](OC)[C@@H]2CC[C@H]2CN2C[C@@]3(CCCc4cc(Cl)ccc43)COc3ccc(cc32)C(=O)NS1(=O)=O. The molecular formula is C35H45ClN2O6S. The average Bonchev–Trinajstić information content (AvgIpc) is 3.15. The third kappa shape index (κ3) is 6.64. The number of halogens is 1. The first-order valence-corrected chi connectivity index (χ1v) is 18.1. The van der Waals surface area contributed by atoms with Gasteiger partial charge in [0.05, 0.1) is 29.8 Å². The first-order chi connectivity index (χ1) is 21.6. The van der Waals surface area contributed by atoms with Gasteiger partial charge in [0.25, 0.3) is 5.91 Å². The van der Waals surface area contributed by atoms with Crippen molar-refractivity contribution in [1.82, 2.24) is 4.72 Å². The molecule has 8 nitrogen and oxygen atoms in total. The Kier molecular flexibility index (Phi) is 9.53. The lowest BCUT2D eigenvalue weighted by Gasteiger charge is -2.46. The number of amides is 1. The molecule has 6 rings (SSSR count). The normalized spacial score (nSPS) is 30.9. The number of hydrogen-bond donors (Lipinski definition) is 1. The highest BCUT2D eigenvalue weighted by molar-refractivity contribution is 7.90. The summed E-state index contributed by atoms with van der Waals surface area (Å²) in [5, 5.41) is -0.0408. The summed E-state index contributed by atoms with van der Waals surface area (Å²) in [6.07, 6.45) is 10.2. The van der Waals surface area contributed by atoms with Gasteiger partial charge in [0.2, 0.25) is 10.0 Å². The Morgan fingerprint density at radius 1 is 1.16 bits per heavy atom. The molecule has 0 aromatic heterocycles. The second-order valence-corrected chi connectivity index (χ2v) is 15.8. The van der Waals surface area contributed by atoms with E-state index < -0.39 is 21.2 Å². The van der Waals surface area contributed by atoms with Gasteiger partial charge in [0, 0.05) is 43.3 Å². The molecule has 10 heteroatoms. The van der Waals surface area contributed by atoms with E-state index in [9.17, 15) is 13.2 Å². The summed E-state index contributed by atoms with van der Waals surface area (Å²) in [4.78, 5) is 16.0. The Hall–Kier alpha value is -2.59. The van der Waals surface area contributed by atoms with Crippen molar-refractivity contribution in [3.05, 3.63) is 70.3 Å². The number of hydrogen-bond acceptors (Lipinski definition) is 7. The van der Waals surface area contributed by atoms with Crippen molar-refractivity contribution in [2.45, 2.75) is 81.2 Å². The first-order valence-electron chi connectivity index (χ1n) is 16.2. The molecule has 1 fully saturated rings. The minimum atomic E-state index is -3.98. The first kappa shape index (κ1) is 32.4. The fraction of sp³-hybridized carbons (Fsp3) is 0.571. The van der Waals surface area contributed by atoms with Gasteiger partial charge in [0.15, 0.2) is 0 Å². The van der Waals surface area contributed by atoms with Crippen LogP contribution in [0.2, 0.25) is 5.02 Å². The smallest absolute Gasteiger partial charge is 0.264 e. The molecule has 0 radical (unpaired) electrons. The van der Waals surface area contributed by atoms with E-state index in [0.29, 0.717) is 42.6 Å². The van der Waals surface area contributed by atoms with E-state index in [1.165, 1.54) is 11.1 Å². The van der Waals surface area contributed by atoms with Gasteiger partial charge in [-0.15, -0.1) is 0 Å². The Morgan fingerprint density at radius 3 is 2.76 bits per heavy atom. The number of methoxy groups -OCH3 is 2. The van der Waals surface area contributed by atoms with Gasteiger partial charge >= 0.3 is 0 Å². The number of rotatable bonds is 4. The van der Waals surface area contributed by atoms with Crippen molar-refractivity contribution in [3.63, 3.8) is 0 Å². The summed E-state index contributed by atoms with van der Waals surface area (Å²) in [6.45, 7) is 3.88. The molecule has 2 heterocycles. The van der Waals surface area contributed by atoms with Crippen LogP contribution in [-0.4, -0.2) is 65.7 Å². The number of allylic oxidation sites excluding steroid dienone is 1. The molecule has 0 unspecified atom stereocenters.